The predicted octanol–water partition coefficient (Wildman–Crippen LogP) is 4.91. The van der Waals surface area contributed by atoms with Crippen LogP contribution in [0.4, 0.5) is 0 Å². The van der Waals surface area contributed by atoms with Crippen molar-refractivity contribution in [3.05, 3.63) is 73.1 Å². The zero-order chi connectivity index (χ0) is 19.3. The Morgan fingerprint density at radius 3 is 2.67 bits per heavy atom. The van der Waals surface area contributed by atoms with Crippen LogP contribution in [0, 0.1) is 6.92 Å². The summed E-state index contributed by atoms with van der Waals surface area (Å²) in [6.07, 6.45) is 7.18. The highest BCUT2D eigenvalue weighted by molar-refractivity contribution is 7.19. The van der Waals surface area contributed by atoms with Gasteiger partial charge in [0.05, 0.1) is 5.39 Å². The second-order valence-corrected chi connectivity index (χ2v) is 8.96. The molecule has 27 heavy (non-hydrogen) atoms. The minimum atomic E-state index is -0.190. The zero-order valence-corrected chi connectivity index (χ0v) is 17.0. The lowest BCUT2D eigenvalue weighted by molar-refractivity contribution is 0.531. The van der Waals surface area contributed by atoms with Gasteiger partial charge in [-0.05, 0) is 42.7 Å². The predicted molar refractivity (Wildman–Crippen MR) is 115 cm³/mol. The number of benzene rings is 1. The van der Waals surface area contributed by atoms with E-state index in [2.05, 4.69) is 37.1 Å². The van der Waals surface area contributed by atoms with Gasteiger partial charge in [0.1, 0.15) is 10.7 Å². The maximum absolute atomic E-state index is 12.8. The number of rotatable bonds is 2. The number of nitrogen functional groups attached to an aromatic ring is 1. The highest BCUT2D eigenvalue weighted by Gasteiger charge is 2.32. The summed E-state index contributed by atoms with van der Waals surface area (Å²) in [7, 11) is 0. The van der Waals surface area contributed by atoms with Gasteiger partial charge in [-0.2, -0.15) is 0 Å². The molecule has 4 rings (SSSR count). The Morgan fingerprint density at radius 2 is 1.96 bits per heavy atom. The summed E-state index contributed by atoms with van der Waals surface area (Å²) in [5.41, 5.74) is 2.95. The first-order valence-corrected chi connectivity index (χ1v) is 9.91. The molecule has 0 atom stereocenters. The van der Waals surface area contributed by atoms with Gasteiger partial charge in [-0.3, -0.25) is 4.79 Å². The summed E-state index contributed by atoms with van der Waals surface area (Å²) >= 11 is 7.55. The fourth-order valence-corrected chi connectivity index (χ4v) is 4.95. The number of thiophene rings is 1. The number of fused-ring (bicyclic) bond motifs is 3. The molecule has 138 valence electrons. The SMILES string of the molecule is Cc1nc2sc3c(c2c(=O)n1N)C=C(/C=C/c1ccc(Cl)cc1)CC3(C)C. The molecule has 0 bridgehead atoms. The third-order valence-corrected chi connectivity index (χ3v) is 6.64. The largest absolute Gasteiger partial charge is 0.335 e. The first-order chi connectivity index (χ1) is 12.8. The summed E-state index contributed by atoms with van der Waals surface area (Å²) < 4.78 is 1.13. The van der Waals surface area contributed by atoms with Crippen LogP contribution in [0.2, 0.25) is 5.02 Å². The van der Waals surface area contributed by atoms with Crippen molar-refractivity contribution in [2.24, 2.45) is 0 Å². The molecule has 1 aliphatic carbocycles. The minimum Gasteiger partial charge on any atom is -0.335 e. The van der Waals surface area contributed by atoms with E-state index in [4.69, 9.17) is 17.4 Å². The van der Waals surface area contributed by atoms with Crippen LogP contribution < -0.4 is 11.4 Å². The van der Waals surface area contributed by atoms with Gasteiger partial charge in [-0.1, -0.05) is 49.7 Å². The first kappa shape index (κ1) is 18.0. The van der Waals surface area contributed by atoms with Crippen molar-refractivity contribution in [3.8, 4) is 0 Å². The van der Waals surface area contributed by atoms with Crippen LogP contribution in [0.5, 0.6) is 0 Å². The summed E-state index contributed by atoms with van der Waals surface area (Å²) in [5, 5.41) is 1.34. The van der Waals surface area contributed by atoms with E-state index >= 15 is 0 Å². The first-order valence-electron chi connectivity index (χ1n) is 8.72. The molecule has 2 heterocycles. The number of nitrogens with two attached hydrogens (primary N) is 1. The highest BCUT2D eigenvalue weighted by Crippen LogP contribution is 2.45. The average Bonchev–Trinajstić information content (AvgIpc) is 2.98. The molecule has 0 fully saturated rings. The molecule has 0 aliphatic heterocycles. The van der Waals surface area contributed by atoms with E-state index in [1.54, 1.807) is 18.3 Å². The molecule has 0 radical (unpaired) electrons. The third-order valence-electron chi connectivity index (χ3n) is 4.92. The van der Waals surface area contributed by atoms with Crippen LogP contribution in [0.3, 0.4) is 0 Å². The van der Waals surface area contributed by atoms with E-state index in [9.17, 15) is 4.79 Å². The van der Waals surface area contributed by atoms with Crippen LogP contribution in [0.25, 0.3) is 22.4 Å². The fourth-order valence-electron chi connectivity index (χ4n) is 3.54. The Balaban J connectivity index is 1.85. The lowest BCUT2D eigenvalue weighted by Gasteiger charge is -2.29. The summed E-state index contributed by atoms with van der Waals surface area (Å²) in [4.78, 5) is 19.2. The topological polar surface area (TPSA) is 60.9 Å². The number of aryl methyl sites for hydroxylation is 1. The van der Waals surface area contributed by atoms with E-state index in [0.29, 0.717) is 11.2 Å². The minimum absolute atomic E-state index is 0.0745. The Hall–Kier alpha value is -2.37. The van der Waals surface area contributed by atoms with E-state index in [1.165, 1.54) is 10.5 Å². The van der Waals surface area contributed by atoms with Crippen LogP contribution in [0.1, 0.15) is 42.1 Å². The molecule has 1 aliphatic rings. The van der Waals surface area contributed by atoms with Gasteiger partial charge in [0.15, 0.2) is 0 Å². The molecule has 0 saturated heterocycles. The van der Waals surface area contributed by atoms with Crippen molar-refractivity contribution in [3.63, 3.8) is 0 Å². The molecule has 0 spiro atoms. The molecule has 0 amide bonds. The molecular formula is C21H20ClN3OS. The molecule has 4 nitrogen and oxygen atoms in total. The average molecular weight is 398 g/mol. The van der Waals surface area contributed by atoms with Gasteiger partial charge < -0.3 is 5.84 Å². The Bertz CT molecular complexity index is 1170. The number of hydrogen-bond donors (Lipinski definition) is 1. The molecule has 2 N–H and O–H groups in total. The Labute approximate surface area is 166 Å². The van der Waals surface area contributed by atoms with Gasteiger partial charge >= 0.3 is 0 Å². The van der Waals surface area contributed by atoms with Crippen LogP contribution >= 0.6 is 22.9 Å². The van der Waals surface area contributed by atoms with Crippen LogP contribution in [0.15, 0.2) is 40.7 Å². The molecular weight excluding hydrogens is 378 g/mol. The van der Waals surface area contributed by atoms with Crippen molar-refractivity contribution in [2.75, 3.05) is 5.84 Å². The van der Waals surface area contributed by atoms with Gasteiger partial charge in [0, 0.05) is 20.9 Å². The normalized spacial score (nSPS) is 15.9. The maximum Gasteiger partial charge on any atom is 0.281 e. The molecule has 3 aromatic rings. The lowest BCUT2D eigenvalue weighted by Crippen LogP contribution is -2.30. The van der Waals surface area contributed by atoms with Gasteiger partial charge in [-0.25, -0.2) is 9.66 Å². The van der Waals surface area contributed by atoms with Gasteiger partial charge in [0.2, 0.25) is 0 Å². The third kappa shape index (κ3) is 3.11. The van der Waals surface area contributed by atoms with E-state index in [-0.39, 0.29) is 11.0 Å². The fraction of sp³-hybridized carbons (Fsp3) is 0.238. The van der Waals surface area contributed by atoms with Crippen molar-refractivity contribution < 1.29 is 0 Å². The molecule has 6 heteroatoms. The summed E-state index contributed by atoms with van der Waals surface area (Å²) in [5.74, 6) is 6.41. The number of allylic oxidation sites excluding steroid dienone is 2. The Morgan fingerprint density at radius 1 is 1.26 bits per heavy atom. The monoisotopic (exact) mass is 397 g/mol. The zero-order valence-electron chi connectivity index (χ0n) is 15.4. The van der Waals surface area contributed by atoms with Gasteiger partial charge in [-0.15, -0.1) is 11.3 Å². The molecule has 0 saturated carbocycles. The van der Waals surface area contributed by atoms with Crippen LogP contribution in [-0.4, -0.2) is 9.66 Å². The standard InChI is InChI=1S/C21H20ClN3OS/c1-12-24-19-17(20(26)25(12)23)16-10-14(11-21(2,3)18(16)27-19)5-4-13-6-8-15(22)9-7-13/h4-10H,11,23H2,1-3H3/b5-4+. The van der Waals surface area contributed by atoms with Crippen LogP contribution in [-0.2, 0) is 5.41 Å². The van der Waals surface area contributed by atoms with E-state index in [0.717, 1.165) is 32.1 Å². The highest BCUT2D eigenvalue weighted by atomic mass is 35.5. The Kier molecular flexibility index (Phi) is 4.24. The number of halogens is 1. The molecule has 0 unspecified atom stereocenters. The smallest absolute Gasteiger partial charge is 0.281 e. The van der Waals surface area contributed by atoms with Crippen molar-refractivity contribution in [1.82, 2.24) is 9.66 Å². The summed E-state index contributed by atoms with van der Waals surface area (Å²) in [6.45, 7) is 6.16. The van der Waals surface area contributed by atoms with Crippen molar-refractivity contribution in [1.29, 1.82) is 0 Å². The summed E-state index contributed by atoms with van der Waals surface area (Å²) in [6, 6.07) is 7.72. The quantitative estimate of drug-likeness (QED) is 0.625. The second kappa shape index (κ2) is 6.36. The number of hydrogen-bond acceptors (Lipinski definition) is 4. The van der Waals surface area contributed by atoms with Crippen molar-refractivity contribution >= 4 is 45.3 Å². The molecule has 1 aromatic carbocycles. The van der Waals surface area contributed by atoms with Crippen molar-refractivity contribution in [2.45, 2.75) is 32.6 Å². The van der Waals surface area contributed by atoms with Gasteiger partial charge in [0.25, 0.3) is 5.56 Å². The number of aromatic nitrogens is 2. The maximum atomic E-state index is 12.8. The molecule has 2 aromatic heterocycles. The van der Waals surface area contributed by atoms with E-state index < -0.39 is 0 Å². The van der Waals surface area contributed by atoms with E-state index in [1.807, 2.05) is 24.3 Å². The second-order valence-electron chi connectivity index (χ2n) is 7.52. The number of nitrogens with zero attached hydrogens (tertiary/aromatic N) is 2. The lowest BCUT2D eigenvalue weighted by atomic mass is 9.77.